The fraction of sp³-hybridized carbons (Fsp3) is 0.154. The van der Waals surface area contributed by atoms with Crippen LogP contribution in [0.15, 0.2) is 46.1 Å². The van der Waals surface area contributed by atoms with Gasteiger partial charge in [0.15, 0.2) is 0 Å². The lowest BCUT2D eigenvalue weighted by Crippen LogP contribution is -1.98. The van der Waals surface area contributed by atoms with Crippen LogP contribution in [0.25, 0.3) is 5.57 Å². The molecule has 18 heavy (non-hydrogen) atoms. The van der Waals surface area contributed by atoms with Gasteiger partial charge in [0, 0.05) is 26.2 Å². The molecule has 2 rings (SSSR count). The second-order valence-corrected chi connectivity index (χ2v) is 7.34. The minimum atomic E-state index is 0.0231. The average Bonchev–Trinajstić information content (AvgIpc) is 2.89. The largest absolute Gasteiger partial charge is 0.282 e. The number of thioether (sulfide) groups is 3. The van der Waals surface area contributed by atoms with E-state index < -0.39 is 0 Å². The smallest absolute Gasteiger partial charge is 0.219 e. The lowest BCUT2D eigenvalue weighted by Gasteiger charge is -2.07. The van der Waals surface area contributed by atoms with E-state index in [0.29, 0.717) is 5.57 Å². The van der Waals surface area contributed by atoms with Gasteiger partial charge in [-0.25, -0.2) is 0 Å². The van der Waals surface area contributed by atoms with E-state index in [4.69, 9.17) is 0 Å². The minimum Gasteiger partial charge on any atom is -0.282 e. The summed E-state index contributed by atoms with van der Waals surface area (Å²) >= 11 is 9.24. The number of rotatable bonds is 4. The average molecular weight is 313 g/mol. The van der Waals surface area contributed by atoms with Crippen molar-refractivity contribution in [2.75, 3.05) is 10.8 Å². The second-order valence-electron chi connectivity index (χ2n) is 3.58. The Balaban J connectivity index is 1.96. The zero-order chi connectivity index (χ0) is 13.0. The maximum atomic E-state index is 12.0. The number of thiol groups is 1. The molecule has 1 aliphatic rings. The Kier molecular flexibility index (Phi) is 5.36. The molecule has 0 saturated carbocycles. The van der Waals surface area contributed by atoms with Gasteiger partial charge in [0.25, 0.3) is 0 Å². The van der Waals surface area contributed by atoms with Gasteiger partial charge >= 0.3 is 0 Å². The van der Waals surface area contributed by atoms with E-state index in [2.05, 4.69) is 24.6 Å². The Bertz CT molecular complexity index is 507. The van der Waals surface area contributed by atoms with Crippen LogP contribution in [0, 0.1) is 0 Å². The predicted molar refractivity (Wildman–Crippen MR) is 88.3 cm³/mol. The molecule has 0 N–H and O–H groups in total. The van der Waals surface area contributed by atoms with Crippen LogP contribution in [0.2, 0.25) is 0 Å². The molecule has 94 valence electrons. The van der Waals surface area contributed by atoms with Gasteiger partial charge in [-0.3, -0.25) is 4.79 Å². The summed E-state index contributed by atoms with van der Waals surface area (Å²) in [5.41, 5.74) is 1.35. The molecule has 0 aliphatic carbocycles. The van der Waals surface area contributed by atoms with Crippen molar-refractivity contribution in [3.63, 3.8) is 0 Å². The molecule has 1 aliphatic heterocycles. The molecular weight excluding hydrogens is 300 g/mol. The Morgan fingerprint density at radius 3 is 2.89 bits per heavy atom. The zero-order valence-corrected chi connectivity index (χ0v) is 12.9. The topological polar surface area (TPSA) is 17.1 Å². The van der Waals surface area contributed by atoms with Crippen LogP contribution >= 0.6 is 47.9 Å². The molecule has 1 nitrogen and oxygen atoms in total. The number of benzene rings is 1. The first-order valence-electron chi connectivity index (χ1n) is 5.26. The van der Waals surface area contributed by atoms with Crippen molar-refractivity contribution in [1.29, 1.82) is 0 Å². The van der Waals surface area contributed by atoms with Gasteiger partial charge in [-0.15, -0.1) is 36.2 Å². The van der Waals surface area contributed by atoms with Crippen LogP contribution in [-0.2, 0) is 4.79 Å². The lowest BCUT2D eigenvalue weighted by molar-refractivity contribution is -0.106. The van der Waals surface area contributed by atoms with E-state index >= 15 is 0 Å². The molecule has 1 aromatic carbocycles. The molecule has 0 amide bonds. The third-order valence-electron chi connectivity index (χ3n) is 2.35. The van der Waals surface area contributed by atoms with Crippen LogP contribution in [0.4, 0.5) is 0 Å². The first-order valence-corrected chi connectivity index (χ1v) is 8.73. The highest BCUT2D eigenvalue weighted by molar-refractivity contribution is 8.23. The lowest BCUT2D eigenvalue weighted by atomic mass is 10.1. The molecule has 5 heteroatoms. The monoisotopic (exact) mass is 312 g/mol. The van der Waals surface area contributed by atoms with Crippen molar-refractivity contribution in [3.05, 3.63) is 46.7 Å². The first-order chi connectivity index (χ1) is 8.68. The fourth-order valence-corrected chi connectivity index (χ4v) is 4.86. The maximum absolute atomic E-state index is 12.0. The quantitative estimate of drug-likeness (QED) is 0.649. The number of carbonyl (C=O) groups is 1. The summed E-state index contributed by atoms with van der Waals surface area (Å²) in [7, 11) is 0. The molecule has 0 bridgehead atoms. The molecule has 1 aromatic rings. The van der Waals surface area contributed by atoms with Crippen LogP contribution < -0.4 is 0 Å². The molecule has 0 spiro atoms. The number of carbonyl (C=O) groups excluding carboxylic acids is 1. The van der Waals surface area contributed by atoms with Gasteiger partial charge in [-0.05, 0) is 17.0 Å². The highest BCUT2D eigenvalue weighted by atomic mass is 32.2. The van der Waals surface area contributed by atoms with Gasteiger partial charge < -0.3 is 0 Å². The minimum absolute atomic E-state index is 0.0231. The van der Waals surface area contributed by atoms with Gasteiger partial charge in [-0.2, -0.15) is 0 Å². The standard InChI is InChI=1S/C13H12OS4/c1-9(11-4-2-3-5-12(11)15)13(14)17-7-10-6-16-8-18-10/h2-6,15H,1,7-8H2. The first kappa shape index (κ1) is 14.2. The summed E-state index contributed by atoms with van der Waals surface area (Å²) in [6, 6.07) is 7.54. The third-order valence-corrected chi connectivity index (χ3v) is 6.13. The summed E-state index contributed by atoms with van der Waals surface area (Å²) in [4.78, 5) is 14.1. The molecule has 1 heterocycles. The van der Waals surface area contributed by atoms with Gasteiger partial charge in [0.1, 0.15) is 0 Å². The fourth-order valence-electron chi connectivity index (χ4n) is 1.41. The Hall–Kier alpha value is -0.230. The Labute approximate surface area is 125 Å². The molecule has 0 aromatic heterocycles. The van der Waals surface area contributed by atoms with Crippen LogP contribution in [0.5, 0.6) is 0 Å². The summed E-state index contributed by atoms with van der Waals surface area (Å²) in [5.74, 6) is 0.740. The molecular formula is C13H12OS4. The van der Waals surface area contributed by atoms with Crippen molar-refractivity contribution in [3.8, 4) is 0 Å². The van der Waals surface area contributed by atoms with E-state index in [0.717, 1.165) is 21.3 Å². The highest BCUT2D eigenvalue weighted by Gasteiger charge is 2.14. The summed E-state index contributed by atoms with van der Waals surface area (Å²) in [5, 5.41) is 3.21. The van der Waals surface area contributed by atoms with Crippen LogP contribution in [-0.4, -0.2) is 16.0 Å². The molecule has 0 radical (unpaired) electrons. The molecule has 0 atom stereocenters. The van der Waals surface area contributed by atoms with E-state index in [1.165, 1.54) is 16.7 Å². The molecule has 0 fully saturated rings. The zero-order valence-electron chi connectivity index (χ0n) is 9.59. The normalized spacial score (nSPS) is 14.4. The van der Waals surface area contributed by atoms with Crippen molar-refractivity contribution in [1.82, 2.24) is 0 Å². The van der Waals surface area contributed by atoms with Gasteiger partial charge in [0.05, 0.1) is 0 Å². The van der Waals surface area contributed by atoms with E-state index in [-0.39, 0.29) is 5.12 Å². The SMILES string of the molecule is C=C(C(=O)SCC1=CSCS1)c1ccccc1S. The van der Waals surface area contributed by atoms with Gasteiger partial charge in [0.2, 0.25) is 5.12 Å². The number of hydrogen-bond acceptors (Lipinski definition) is 5. The molecule has 0 unspecified atom stereocenters. The molecule has 0 saturated heterocycles. The van der Waals surface area contributed by atoms with Crippen molar-refractivity contribution in [2.24, 2.45) is 0 Å². The summed E-state index contributed by atoms with van der Waals surface area (Å²) in [6.45, 7) is 3.88. The van der Waals surface area contributed by atoms with Crippen molar-refractivity contribution >= 4 is 58.6 Å². The Morgan fingerprint density at radius 1 is 1.44 bits per heavy atom. The maximum Gasteiger partial charge on any atom is 0.219 e. The van der Waals surface area contributed by atoms with Crippen molar-refractivity contribution in [2.45, 2.75) is 4.90 Å². The predicted octanol–water partition coefficient (Wildman–Crippen LogP) is 4.53. The summed E-state index contributed by atoms with van der Waals surface area (Å²) in [6.07, 6.45) is 0. The Morgan fingerprint density at radius 2 is 2.22 bits per heavy atom. The summed E-state index contributed by atoms with van der Waals surface area (Å²) < 4.78 is 0. The van der Waals surface area contributed by atoms with E-state index in [9.17, 15) is 4.79 Å². The number of hydrogen-bond donors (Lipinski definition) is 1. The van der Waals surface area contributed by atoms with Crippen molar-refractivity contribution < 1.29 is 4.79 Å². The van der Waals surface area contributed by atoms with Crippen LogP contribution in [0.3, 0.4) is 0 Å². The second kappa shape index (κ2) is 6.80. The highest BCUT2D eigenvalue weighted by Crippen LogP contribution is 2.35. The van der Waals surface area contributed by atoms with E-state index in [1.54, 1.807) is 23.5 Å². The van der Waals surface area contributed by atoms with Gasteiger partial charge in [-0.1, -0.05) is 36.5 Å². The van der Waals surface area contributed by atoms with E-state index in [1.807, 2.05) is 24.3 Å². The third kappa shape index (κ3) is 3.63. The van der Waals surface area contributed by atoms with Crippen LogP contribution in [0.1, 0.15) is 5.56 Å².